The minimum Gasteiger partial charge on any atom is -0.459 e. The van der Waals surface area contributed by atoms with Crippen molar-refractivity contribution in [2.24, 2.45) is 0 Å². The van der Waals surface area contributed by atoms with Crippen molar-refractivity contribution in [1.29, 1.82) is 0 Å². The number of rotatable bonds is 13. The van der Waals surface area contributed by atoms with Gasteiger partial charge in [0.05, 0.1) is 28.9 Å². The van der Waals surface area contributed by atoms with Crippen LogP contribution in [0.15, 0.2) is 121 Å². The predicted molar refractivity (Wildman–Crippen MR) is 198 cm³/mol. The normalized spacial score (nSPS) is 27.5. The molecule has 14 heteroatoms. The van der Waals surface area contributed by atoms with E-state index in [4.69, 9.17) is 47.4 Å². The molecule has 7 rings (SSSR count). The zero-order valence-electron chi connectivity index (χ0n) is 31.4. The van der Waals surface area contributed by atoms with Gasteiger partial charge >= 0.3 is 23.9 Å². The van der Waals surface area contributed by atoms with Gasteiger partial charge in [0, 0.05) is 7.11 Å². The third kappa shape index (κ3) is 9.39. The number of methoxy groups -OCH3 is 1. The van der Waals surface area contributed by atoms with Crippen LogP contribution in [0.25, 0.3) is 0 Å². The molecular weight excluding hydrogens is 740 g/mol. The summed E-state index contributed by atoms with van der Waals surface area (Å²) in [5.74, 6) is -4.09. The van der Waals surface area contributed by atoms with E-state index in [1.807, 2.05) is 0 Å². The quantitative estimate of drug-likeness (QED) is 0.129. The first-order valence-electron chi connectivity index (χ1n) is 18.4. The van der Waals surface area contributed by atoms with Crippen molar-refractivity contribution in [3.05, 3.63) is 144 Å². The molecule has 0 bridgehead atoms. The standard InChI is InChI=1S/C43H42O14/c1-43(2)56-33-31(51-41(48-3)36(33)57-43)25-50-42-35(55-40(47)29-22-14-7-15-23-29)34(54-39(46)28-20-12-6-13-21-28)32(53-38(45)27-18-10-5-11-19-27)30(52-42)24-49-37(44)26-16-8-4-9-17-26/h4-23,30-36,41-42H,24-25H2,1-3H3/t30-,31-,32-,33-,34+,35+,36-,41-,42+/m1/s1. The first-order valence-corrected chi connectivity index (χ1v) is 18.4. The maximum atomic E-state index is 13.9. The van der Waals surface area contributed by atoms with Crippen LogP contribution in [0.5, 0.6) is 0 Å². The van der Waals surface area contributed by atoms with Crippen molar-refractivity contribution in [1.82, 2.24) is 0 Å². The molecule has 4 aromatic carbocycles. The summed E-state index contributed by atoms with van der Waals surface area (Å²) >= 11 is 0. The molecule has 0 aliphatic carbocycles. The summed E-state index contributed by atoms with van der Waals surface area (Å²) in [6, 6.07) is 32.6. The van der Waals surface area contributed by atoms with Gasteiger partial charge in [-0.05, 0) is 62.4 Å². The Morgan fingerprint density at radius 1 is 0.509 bits per heavy atom. The van der Waals surface area contributed by atoms with Crippen LogP contribution in [0.3, 0.4) is 0 Å². The topological polar surface area (TPSA) is 161 Å². The molecule has 3 heterocycles. The monoisotopic (exact) mass is 782 g/mol. The Balaban J connectivity index is 1.25. The summed E-state index contributed by atoms with van der Waals surface area (Å²) in [5, 5.41) is 0. The lowest BCUT2D eigenvalue weighted by molar-refractivity contribution is -0.307. The van der Waals surface area contributed by atoms with Crippen LogP contribution in [0.1, 0.15) is 55.3 Å². The number of fused-ring (bicyclic) bond motifs is 1. The molecule has 0 aromatic heterocycles. The van der Waals surface area contributed by atoms with Gasteiger partial charge in [0.2, 0.25) is 0 Å². The number of ether oxygens (including phenoxy) is 10. The van der Waals surface area contributed by atoms with Gasteiger partial charge in [0.15, 0.2) is 36.7 Å². The molecule has 0 N–H and O–H groups in total. The van der Waals surface area contributed by atoms with E-state index in [2.05, 4.69) is 0 Å². The van der Waals surface area contributed by atoms with Crippen molar-refractivity contribution >= 4 is 23.9 Å². The Labute approximate surface area is 328 Å². The third-order valence-electron chi connectivity index (χ3n) is 9.50. The van der Waals surface area contributed by atoms with Crippen LogP contribution in [0, 0.1) is 0 Å². The largest absolute Gasteiger partial charge is 0.459 e. The second-order valence-corrected chi connectivity index (χ2v) is 13.9. The molecule has 0 radical (unpaired) electrons. The summed E-state index contributed by atoms with van der Waals surface area (Å²) < 4.78 is 60.6. The van der Waals surface area contributed by atoms with E-state index >= 15 is 0 Å². The molecule has 9 atom stereocenters. The Bertz CT molecular complexity index is 1980. The zero-order chi connectivity index (χ0) is 39.9. The summed E-state index contributed by atoms with van der Waals surface area (Å²) in [7, 11) is 1.48. The summed E-state index contributed by atoms with van der Waals surface area (Å²) in [6.07, 6.45) is -10.2. The molecule has 3 aliphatic rings. The Hall–Kier alpha value is -5.48. The number of hydrogen-bond acceptors (Lipinski definition) is 14. The number of hydrogen-bond donors (Lipinski definition) is 0. The minimum atomic E-state index is -1.58. The van der Waals surface area contributed by atoms with E-state index in [0.29, 0.717) is 0 Å². The molecule has 0 saturated carbocycles. The molecule has 4 aromatic rings. The minimum absolute atomic E-state index is 0.159. The van der Waals surface area contributed by atoms with Crippen LogP contribution in [0.4, 0.5) is 0 Å². The van der Waals surface area contributed by atoms with Gasteiger partial charge in [-0.15, -0.1) is 0 Å². The fourth-order valence-electron chi connectivity index (χ4n) is 6.82. The van der Waals surface area contributed by atoms with Gasteiger partial charge in [-0.25, -0.2) is 19.2 Å². The van der Waals surface area contributed by atoms with Gasteiger partial charge in [0.25, 0.3) is 0 Å². The summed E-state index contributed by atoms with van der Waals surface area (Å²) in [5.41, 5.74) is 0.753. The molecule has 3 saturated heterocycles. The number of carbonyl (C=O) groups is 4. The molecule has 14 nitrogen and oxygen atoms in total. The van der Waals surface area contributed by atoms with E-state index in [9.17, 15) is 19.2 Å². The zero-order valence-corrected chi connectivity index (χ0v) is 31.4. The van der Waals surface area contributed by atoms with Crippen molar-refractivity contribution in [3.8, 4) is 0 Å². The lowest BCUT2D eigenvalue weighted by Gasteiger charge is -2.44. The molecular formula is C43H42O14. The predicted octanol–water partition coefficient (Wildman–Crippen LogP) is 5.15. The Kier molecular flexibility index (Phi) is 12.4. The van der Waals surface area contributed by atoms with Gasteiger partial charge in [-0.1, -0.05) is 72.8 Å². The Morgan fingerprint density at radius 2 is 0.930 bits per heavy atom. The van der Waals surface area contributed by atoms with E-state index in [0.717, 1.165) is 0 Å². The van der Waals surface area contributed by atoms with E-state index in [1.165, 1.54) is 19.2 Å². The van der Waals surface area contributed by atoms with Crippen molar-refractivity contribution in [3.63, 3.8) is 0 Å². The van der Waals surface area contributed by atoms with E-state index in [-0.39, 0.29) is 28.9 Å². The first kappa shape index (κ1) is 39.7. The fourth-order valence-corrected chi connectivity index (χ4v) is 6.82. The number of carbonyl (C=O) groups excluding carboxylic acids is 4. The van der Waals surface area contributed by atoms with E-state index < -0.39 is 91.6 Å². The van der Waals surface area contributed by atoms with Crippen molar-refractivity contribution < 1.29 is 66.5 Å². The van der Waals surface area contributed by atoms with Gasteiger partial charge in [-0.3, -0.25) is 0 Å². The highest BCUT2D eigenvalue weighted by Crippen LogP contribution is 2.40. The lowest BCUT2D eigenvalue weighted by atomic mass is 9.97. The third-order valence-corrected chi connectivity index (χ3v) is 9.50. The molecule has 0 spiro atoms. The highest BCUT2D eigenvalue weighted by Gasteiger charge is 2.57. The van der Waals surface area contributed by atoms with Crippen LogP contribution >= 0.6 is 0 Å². The molecule has 57 heavy (non-hydrogen) atoms. The van der Waals surface area contributed by atoms with Crippen LogP contribution in [-0.4, -0.2) is 105 Å². The number of benzene rings is 4. The van der Waals surface area contributed by atoms with Crippen molar-refractivity contribution in [2.45, 2.75) is 74.9 Å². The van der Waals surface area contributed by atoms with Crippen molar-refractivity contribution in [2.75, 3.05) is 20.3 Å². The fraction of sp³-hybridized carbons (Fsp3) is 0.349. The molecule has 3 aliphatic heterocycles. The van der Waals surface area contributed by atoms with Crippen LogP contribution in [-0.2, 0) is 47.4 Å². The molecule has 0 amide bonds. The second kappa shape index (κ2) is 17.8. The van der Waals surface area contributed by atoms with Gasteiger partial charge < -0.3 is 47.4 Å². The lowest BCUT2D eigenvalue weighted by Crippen LogP contribution is -2.63. The summed E-state index contributed by atoms with van der Waals surface area (Å²) in [4.78, 5) is 54.6. The maximum absolute atomic E-state index is 13.9. The highest BCUT2D eigenvalue weighted by molar-refractivity contribution is 5.91. The Morgan fingerprint density at radius 3 is 1.42 bits per heavy atom. The molecule has 3 fully saturated rings. The van der Waals surface area contributed by atoms with Crippen LogP contribution < -0.4 is 0 Å². The van der Waals surface area contributed by atoms with E-state index in [1.54, 1.807) is 123 Å². The van der Waals surface area contributed by atoms with Gasteiger partial charge in [-0.2, -0.15) is 0 Å². The summed E-state index contributed by atoms with van der Waals surface area (Å²) in [6.45, 7) is 2.82. The average Bonchev–Trinajstić information content (AvgIpc) is 3.73. The van der Waals surface area contributed by atoms with Gasteiger partial charge in [0.1, 0.15) is 31.0 Å². The smallest absolute Gasteiger partial charge is 0.338 e. The molecule has 298 valence electrons. The molecule has 0 unspecified atom stereocenters. The van der Waals surface area contributed by atoms with Crippen LogP contribution in [0.2, 0.25) is 0 Å². The highest BCUT2D eigenvalue weighted by atomic mass is 16.8. The second-order valence-electron chi connectivity index (χ2n) is 13.9. The first-order chi connectivity index (χ1) is 27.6. The maximum Gasteiger partial charge on any atom is 0.338 e. The SMILES string of the molecule is CO[C@@H]1O[C@H](CO[C@H]2O[C@H](COC(=O)c3ccccc3)[C@@H](OC(=O)c3ccccc3)[C@H](OC(=O)c3ccccc3)[C@@H]2OC(=O)c2ccccc2)[C@H]2OC(C)(C)O[C@@H]12. The average molecular weight is 783 g/mol. The number of esters is 4.